The lowest BCUT2D eigenvalue weighted by Crippen LogP contribution is -2.55. The molecule has 0 spiro atoms. The molecule has 2 aromatic carbocycles. The summed E-state index contributed by atoms with van der Waals surface area (Å²) in [7, 11) is 0. The van der Waals surface area contributed by atoms with Crippen molar-refractivity contribution in [2.45, 2.75) is 57.2 Å². The van der Waals surface area contributed by atoms with Crippen molar-refractivity contribution in [2.75, 3.05) is 11.9 Å². The summed E-state index contributed by atoms with van der Waals surface area (Å²) in [5.41, 5.74) is 9.28. The van der Waals surface area contributed by atoms with Gasteiger partial charge in [-0.05, 0) is 55.4 Å². The van der Waals surface area contributed by atoms with Gasteiger partial charge < -0.3 is 10.1 Å². The zero-order valence-corrected chi connectivity index (χ0v) is 19.7. The first-order valence-electron chi connectivity index (χ1n) is 12.7. The molecule has 4 unspecified atom stereocenters. The Bertz CT molecular complexity index is 1230. The van der Waals surface area contributed by atoms with Crippen molar-refractivity contribution in [3.05, 3.63) is 59.8 Å². The number of nitrogens with one attached hydrogen (secondary N) is 3. The van der Waals surface area contributed by atoms with Gasteiger partial charge in [0.25, 0.3) is 5.91 Å². The summed E-state index contributed by atoms with van der Waals surface area (Å²) in [5, 5.41) is 8.52. The Morgan fingerprint density at radius 3 is 2.71 bits per heavy atom. The number of rotatable bonds is 5. The zero-order chi connectivity index (χ0) is 23.8. The fourth-order valence-corrected chi connectivity index (χ4v) is 5.94. The highest BCUT2D eigenvalue weighted by Crippen LogP contribution is 2.40. The molecule has 2 saturated heterocycles. The molecule has 182 valence electrons. The third-order valence-corrected chi connectivity index (χ3v) is 7.74. The standard InChI is InChI=1S/C27H31N5O3/c33-26-21-8-2-1-7-20(21)24(29-30-26)17-11-13-18(14-12-17)28-27(34)25-22-9-3-4-10-23(22)32(31-25)16-19-6-5-15-35-19/h3-4,9-14,19-21,24,29H,1-2,5-8,15-16H2,(H,28,34)(H,30,33). The Hall–Kier alpha value is -3.23. The SMILES string of the molecule is O=C(Nc1ccc(C2NNC(=O)C3CCCCC32)cc1)c1nn(CC2CCCO2)c2ccccc12. The molecule has 6 rings (SSSR count). The first kappa shape index (κ1) is 22.2. The molecule has 3 aliphatic rings. The number of hydrazine groups is 1. The van der Waals surface area contributed by atoms with Gasteiger partial charge in [-0.15, -0.1) is 0 Å². The van der Waals surface area contributed by atoms with Crippen molar-refractivity contribution in [2.24, 2.45) is 11.8 Å². The zero-order valence-electron chi connectivity index (χ0n) is 19.7. The molecule has 3 heterocycles. The average Bonchev–Trinajstić information content (AvgIpc) is 3.54. The maximum atomic E-state index is 13.2. The quantitative estimate of drug-likeness (QED) is 0.521. The van der Waals surface area contributed by atoms with E-state index in [9.17, 15) is 9.59 Å². The smallest absolute Gasteiger partial charge is 0.276 e. The molecule has 2 aliphatic heterocycles. The summed E-state index contributed by atoms with van der Waals surface area (Å²) in [5.74, 6) is 0.265. The molecule has 0 radical (unpaired) electrons. The van der Waals surface area contributed by atoms with Crippen LogP contribution in [-0.2, 0) is 16.1 Å². The van der Waals surface area contributed by atoms with Gasteiger partial charge in [0.05, 0.1) is 24.2 Å². The van der Waals surface area contributed by atoms with Crippen LogP contribution in [0.3, 0.4) is 0 Å². The van der Waals surface area contributed by atoms with E-state index in [0.29, 0.717) is 18.2 Å². The third-order valence-electron chi connectivity index (χ3n) is 7.74. The number of aromatic nitrogens is 2. The predicted molar refractivity (Wildman–Crippen MR) is 133 cm³/mol. The van der Waals surface area contributed by atoms with Gasteiger partial charge in [0.2, 0.25) is 5.91 Å². The topological polar surface area (TPSA) is 97.3 Å². The molecule has 4 atom stereocenters. The maximum absolute atomic E-state index is 13.2. The highest BCUT2D eigenvalue weighted by molar-refractivity contribution is 6.11. The molecule has 3 N–H and O–H groups in total. The molecule has 1 aromatic heterocycles. The van der Waals surface area contributed by atoms with E-state index in [1.54, 1.807) is 0 Å². The Labute approximate surface area is 204 Å². The number of anilines is 1. The molecule has 35 heavy (non-hydrogen) atoms. The van der Waals surface area contributed by atoms with Gasteiger partial charge in [-0.25, -0.2) is 5.43 Å². The first-order chi connectivity index (χ1) is 17.2. The van der Waals surface area contributed by atoms with Gasteiger partial charge >= 0.3 is 0 Å². The van der Waals surface area contributed by atoms with Gasteiger partial charge in [-0.3, -0.25) is 19.7 Å². The number of amides is 2. The summed E-state index contributed by atoms with van der Waals surface area (Å²) >= 11 is 0. The average molecular weight is 474 g/mol. The second kappa shape index (κ2) is 9.43. The number of para-hydroxylation sites is 1. The minimum Gasteiger partial charge on any atom is -0.376 e. The van der Waals surface area contributed by atoms with Crippen molar-refractivity contribution in [3.8, 4) is 0 Å². The van der Waals surface area contributed by atoms with Gasteiger partial charge in [0.15, 0.2) is 5.69 Å². The fourth-order valence-electron chi connectivity index (χ4n) is 5.94. The summed E-state index contributed by atoms with van der Waals surface area (Å²) in [6.07, 6.45) is 6.51. The molecule has 0 bridgehead atoms. The highest BCUT2D eigenvalue weighted by atomic mass is 16.5. The number of hydrogen-bond donors (Lipinski definition) is 3. The van der Waals surface area contributed by atoms with E-state index < -0.39 is 0 Å². The Morgan fingerprint density at radius 1 is 1.06 bits per heavy atom. The largest absolute Gasteiger partial charge is 0.376 e. The number of carbonyl (C=O) groups is 2. The predicted octanol–water partition coefficient (Wildman–Crippen LogP) is 3.95. The van der Waals surface area contributed by atoms with Crippen LogP contribution in [0.1, 0.15) is 60.6 Å². The minimum atomic E-state index is -0.226. The van der Waals surface area contributed by atoms with Crippen molar-refractivity contribution in [1.29, 1.82) is 0 Å². The second-order valence-corrected chi connectivity index (χ2v) is 9.93. The van der Waals surface area contributed by atoms with Crippen LogP contribution >= 0.6 is 0 Å². The third kappa shape index (κ3) is 4.32. The second-order valence-electron chi connectivity index (χ2n) is 9.93. The van der Waals surface area contributed by atoms with Crippen molar-refractivity contribution in [1.82, 2.24) is 20.6 Å². The van der Waals surface area contributed by atoms with Crippen LogP contribution in [0.2, 0.25) is 0 Å². The molecular formula is C27H31N5O3. The molecule has 3 fully saturated rings. The highest BCUT2D eigenvalue weighted by Gasteiger charge is 2.40. The van der Waals surface area contributed by atoms with Gasteiger partial charge in [0.1, 0.15) is 0 Å². The van der Waals surface area contributed by atoms with Crippen LogP contribution in [0.4, 0.5) is 5.69 Å². The van der Waals surface area contributed by atoms with Crippen LogP contribution in [0.25, 0.3) is 10.9 Å². The lowest BCUT2D eigenvalue weighted by Gasteiger charge is -2.41. The lowest BCUT2D eigenvalue weighted by molar-refractivity contribution is -0.133. The molecule has 8 nitrogen and oxygen atoms in total. The van der Waals surface area contributed by atoms with E-state index in [-0.39, 0.29) is 29.9 Å². The van der Waals surface area contributed by atoms with Gasteiger partial charge in [0, 0.05) is 23.6 Å². The monoisotopic (exact) mass is 473 g/mol. The lowest BCUT2D eigenvalue weighted by atomic mass is 9.72. The number of benzene rings is 2. The molecular weight excluding hydrogens is 442 g/mol. The van der Waals surface area contributed by atoms with E-state index >= 15 is 0 Å². The Balaban J connectivity index is 1.19. The van der Waals surface area contributed by atoms with Crippen LogP contribution in [0.15, 0.2) is 48.5 Å². The van der Waals surface area contributed by atoms with Crippen LogP contribution in [-0.4, -0.2) is 34.3 Å². The Morgan fingerprint density at radius 2 is 1.89 bits per heavy atom. The summed E-state index contributed by atoms with van der Waals surface area (Å²) in [4.78, 5) is 25.5. The maximum Gasteiger partial charge on any atom is 0.276 e. The molecule has 1 saturated carbocycles. The van der Waals surface area contributed by atoms with Gasteiger partial charge in [-0.2, -0.15) is 5.10 Å². The number of carbonyl (C=O) groups excluding carboxylic acids is 2. The van der Waals surface area contributed by atoms with Crippen molar-refractivity contribution >= 4 is 28.4 Å². The summed E-state index contributed by atoms with van der Waals surface area (Å²) < 4.78 is 7.68. The number of hydrogen-bond acceptors (Lipinski definition) is 5. The van der Waals surface area contributed by atoms with E-state index in [4.69, 9.17) is 4.74 Å². The molecule has 3 aromatic rings. The summed E-state index contributed by atoms with van der Waals surface area (Å²) in [6, 6.07) is 15.8. The van der Waals surface area contributed by atoms with E-state index in [2.05, 4.69) is 21.3 Å². The number of ether oxygens (including phenoxy) is 1. The fraction of sp³-hybridized carbons (Fsp3) is 0.444. The first-order valence-corrected chi connectivity index (χ1v) is 12.7. The Kier molecular flexibility index (Phi) is 6.00. The van der Waals surface area contributed by atoms with Crippen LogP contribution < -0.4 is 16.2 Å². The minimum absolute atomic E-state index is 0.0763. The number of fused-ring (bicyclic) bond motifs is 2. The normalized spacial score (nSPS) is 26.3. The van der Waals surface area contributed by atoms with Crippen molar-refractivity contribution in [3.63, 3.8) is 0 Å². The van der Waals surface area contributed by atoms with Crippen molar-refractivity contribution < 1.29 is 14.3 Å². The molecule has 2 amide bonds. The van der Waals surface area contributed by atoms with Gasteiger partial charge in [-0.1, -0.05) is 43.2 Å². The number of nitrogens with zero attached hydrogens (tertiary/aromatic N) is 2. The van der Waals surface area contributed by atoms with Crippen LogP contribution in [0.5, 0.6) is 0 Å². The molecule has 8 heteroatoms. The van der Waals surface area contributed by atoms with E-state index in [1.807, 2.05) is 53.2 Å². The summed E-state index contributed by atoms with van der Waals surface area (Å²) in [6.45, 7) is 1.44. The van der Waals surface area contributed by atoms with E-state index in [0.717, 1.165) is 67.3 Å². The van der Waals surface area contributed by atoms with Crippen LogP contribution in [0, 0.1) is 11.8 Å². The molecule has 1 aliphatic carbocycles. The van der Waals surface area contributed by atoms with E-state index in [1.165, 1.54) is 0 Å².